The molecule has 0 bridgehead atoms. The molecule has 2 heterocycles. The van der Waals surface area contributed by atoms with Gasteiger partial charge in [0, 0.05) is 24.3 Å². The van der Waals surface area contributed by atoms with E-state index < -0.39 is 0 Å². The monoisotopic (exact) mass is 250 g/mol. The van der Waals surface area contributed by atoms with Crippen molar-refractivity contribution in [2.45, 2.75) is 51.7 Å². The largest absolute Gasteiger partial charge is 0.393 e. The summed E-state index contributed by atoms with van der Waals surface area (Å²) in [6.07, 6.45) is 3.99. The third-order valence-corrected chi connectivity index (χ3v) is 3.39. The summed E-state index contributed by atoms with van der Waals surface area (Å²) < 4.78 is 0. The van der Waals surface area contributed by atoms with Gasteiger partial charge in [0.2, 0.25) is 5.95 Å². The summed E-state index contributed by atoms with van der Waals surface area (Å²) in [5.41, 5.74) is 6.60. The Hall–Kier alpha value is -1.36. The van der Waals surface area contributed by atoms with Gasteiger partial charge in [0.05, 0.1) is 6.10 Å². The summed E-state index contributed by atoms with van der Waals surface area (Å²) in [5.74, 6) is 1.22. The highest BCUT2D eigenvalue weighted by atomic mass is 16.3. The molecule has 2 rings (SSSR count). The number of aromatic nitrogens is 2. The van der Waals surface area contributed by atoms with E-state index in [0.717, 1.165) is 30.9 Å². The second-order valence-corrected chi connectivity index (χ2v) is 5.15. The second kappa shape index (κ2) is 5.52. The zero-order chi connectivity index (χ0) is 13.1. The number of hydrogen-bond acceptors (Lipinski definition) is 5. The van der Waals surface area contributed by atoms with E-state index in [0.29, 0.717) is 12.0 Å². The van der Waals surface area contributed by atoms with E-state index in [1.54, 1.807) is 0 Å². The van der Waals surface area contributed by atoms with E-state index in [1.165, 1.54) is 12.8 Å². The van der Waals surface area contributed by atoms with Crippen molar-refractivity contribution in [3.63, 3.8) is 0 Å². The van der Waals surface area contributed by atoms with Gasteiger partial charge in [-0.3, -0.25) is 0 Å². The van der Waals surface area contributed by atoms with Gasteiger partial charge in [0.1, 0.15) is 5.82 Å². The minimum absolute atomic E-state index is 0.282. The van der Waals surface area contributed by atoms with Gasteiger partial charge in [0.25, 0.3) is 0 Å². The summed E-state index contributed by atoms with van der Waals surface area (Å²) in [6, 6.07) is 2.32. The number of nitrogen functional groups attached to an aromatic ring is 1. The fourth-order valence-corrected chi connectivity index (χ4v) is 2.66. The molecule has 0 spiro atoms. The van der Waals surface area contributed by atoms with Gasteiger partial charge in [-0.1, -0.05) is 0 Å². The molecule has 1 fully saturated rings. The molecule has 0 radical (unpaired) electrons. The molecule has 1 aromatic heterocycles. The van der Waals surface area contributed by atoms with Crippen LogP contribution in [0.2, 0.25) is 0 Å². The fraction of sp³-hybridized carbons (Fsp3) is 0.692. The van der Waals surface area contributed by atoms with E-state index in [4.69, 9.17) is 5.73 Å². The zero-order valence-electron chi connectivity index (χ0n) is 11.1. The quantitative estimate of drug-likeness (QED) is 0.850. The number of aryl methyl sites for hydroxylation is 1. The molecule has 5 nitrogen and oxygen atoms in total. The number of rotatable bonds is 3. The summed E-state index contributed by atoms with van der Waals surface area (Å²) in [4.78, 5) is 10.7. The number of anilines is 2. The molecule has 3 N–H and O–H groups in total. The number of nitrogens with zero attached hydrogens (tertiary/aromatic N) is 3. The van der Waals surface area contributed by atoms with E-state index >= 15 is 0 Å². The second-order valence-electron chi connectivity index (χ2n) is 5.15. The Morgan fingerprint density at radius 3 is 2.94 bits per heavy atom. The van der Waals surface area contributed by atoms with Crippen molar-refractivity contribution < 1.29 is 5.11 Å². The molecular weight excluding hydrogens is 228 g/mol. The first-order valence-electron chi connectivity index (χ1n) is 6.62. The number of piperidine rings is 1. The number of aliphatic hydroxyl groups excluding tert-OH is 1. The first-order chi connectivity index (χ1) is 8.56. The minimum atomic E-state index is -0.282. The van der Waals surface area contributed by atoms with Crippen LogP contribution >= 0.6 is 0 Å². The van der Waals surface area contributed by atoms with E-state index in [-0.39, 0.29) is 6.10 Å². The van der Waals surface area contributed by atoms with Crippen molar-refractivity contribution in [3.8, 4) is 0 Å². The number of aliphatic hydroxyl groups is 1. The fourth-order valence-electron chi connectivity index (χ4n) is 2.66. The highest BCUT2D eigenvalue weighted by molar-refractivity contribution is 5.44. The Labute approximate surface area is 108 Å². The van der Waals surface area contributed by atoms with Crippen LogP contribution in [-0.4, -0.2) is 33.8 Å². The van der Waals surface area contributed by atoms with E-state index in [2.05, 4.69) is 14.9 Å². The number of nitrogens with two attached hydrogens (primary N) is 1. The van der Waals surface area contributed by atoms with Crippen LogP contribution in [0.4, 0.5) is 11.8 Å². The Kier molecular flexibility index (Phi) is 4.01. The summed E-state index contributed by atoms with van der Waals surface area (Å²) >= 11 is 0. The lowest BCUT2D eigenvalue weighted by Gasteiger charge is -2.37. The molecule has 1 aromatic rings. The highest BCUT2D eigenvalue weighted by Crippen LogP contribution is 2.26. The maximum absolute atomic E-state index is 9.59. The normalized spacial score (nSPS) is 21.9. The standard InChI is InChI=1S/C13H22N4O/c1-9-7-12(16-13(14)15-9)17-6-4-3-5-11(17)8-10(2)18/h7,10-11,18H,3-6,8H2,1-2H3,(H2,14,15,16). The molecule has 2 unspecified atom stereocenters. The van der Waals surface area contributed by atoms with Gasteiger partial charge in [-0.2, -0.15) is 4.98 Å². The van der Waals surface area contributed by atoms with Crippen molar-refractivity contribution in [3.05, 3.63) is 11.8 Å². The third kappa shape index (κ3) is 3.10. The van der Waals surface area contributed by atoms with Gasteiger partial charge >= 0.3 is 0 Å². The van der Waals surface area contributed by atoms with Crippen LogP contribution < -0.4 is 10.6 Å². The first kappa shape index (κ1) is 13.1. The summed E-state index contributed by atoms with van der Waals surface area (Å²) in [6.45, 7) is 4.74. The lowest BCUT2D eigenvalue weighted by molar-refractivity contribution is 0.167. The van der Waals surface area contributed by atoms with Crippen molar-refractivity contribution >= 4 is 11.8 Å². The van der Waals surface area contributed by atoms with Gasteiger partial charge < -0.3 is 15.7 Å². The minimum Gasteiger partial charge on any atom is -0.393 e. The zero-order valence-corrected chi connectivity index (χ0v) is 11.1. The van der Waals surface area contributed by atoms with E-state index in [9.17, 15) is 5.11 Å². The number of hydrogen-bond donors (Lipinski definition) is 2. The molecule has 0 amide bonds. The van der Waals surface area contributed by atoms with Crippen LogP contribution in [0.1, 0.15) is 38.3 Å². The summed E-state index contributed by atoms with van der Waals surface area (Å²) in [7, 11) is 0. The van der Waals surface area contributed by atoms with Crippen LogP contribution in [0.15, 0.2) is 6.07 Å². The van der Waals surface area contributed by atoms with Gasteiger partial charge in [0.15, 0.2) is 0 Å². The first-order valence-corrected chi connectivity index (χ1v) is 6.62. The summed E-state index contributed by atoms with van der Waals surface area (Å²) in [5, 5.41) is 9.59. The Bertz CT molecular complexity index is 388. The Morgan fingerprint density at radius 1 is 1.50 bits per heavy atom. The maximum Gasteiger partial charge on any atom is 0.222 e. The lowest BCUT2D eigenvalue weighted by atomic mass is 9.97. The van der Waals surface area contributed by atoms with Crippen molar-refractivity contribution in [1.29, 1.82) is 0 Å². The Morgan fingerprint density at radius 2 is 2.28 bits per heavy atom. The van der Waals surface area contributed by atoms with Gasteiger partial charge in [-0.25, -0.2) is 4.98 Å². The molecule has 1 aliphatic rings. The van der Waals surface area contributed by atoms with Crippen LogP contribution in [0.5, 0.6) is 0 Å². The predicted molar refractivity (Wildman–Crippen MR) is 72.5 cm³/mol. The molecule has 18 heavy (non-hydrogen) atoms. The molecule has 0 aromatic carbocycles. The molecule has 2 atom stereocenters. The van der Waals surface area contributed by atoms with Crippen LogP contribution in [0, 0.1) is 6.92 Å². The van der Waals surface area contributed by atoms with Crippen molar-refractivity contribution in [1.82, 2.24) is 9.97 Å². The average molecular weight is 250 g/mol. The van der Waals surface area contributed by atoms with Crippen molar-refractivity contribution in [2.75, 3.05) is 17.2 Å². The Balaban J connectivity index is 2.21. The van der Waals surface area contributed by atoms with Gasteiger partial charge in [-0.15, -0.1) is 0 Å². The predicted octanol–water partition coefficient (Wildman–Crippen LogP) is 1.50. The van der Waals surface area contributed by atoms with Crippen molar-refractivity contribution in [2.24, 2.45) is 0 Å². The van der Waals surface area contributed by atoms with Crippen LogP contribution in [-0.2, 0) is 0 Å². The van der Waals surface area contributed by atoms with Gasteiger partial charge in [-0.05, 0) is 39.5 Å². The average Bonchev–Trinajstić information content (AvgIpc) is 2.27. The third-order valence-electron chi connectivity index (χ3n) is 3.39. The molecule has 1 saturated heterocycles. The molecular formula is C13H22N4O. The van der Waals surface area contributed by atoms with Crippen LogP contribution in [0.3, 0.4) is 0 Å². The lowest BCUT2D eigenvalue weighted by Crippen LogP contribution is -2.41. The molecule has 5 heteroatoms. The molecule has 100 valence electrons. The molecule has 0 saturated carbocycles. The smallest absolute Gasteiger partial charge is 0.222 e. The molecule has 1 aliphatic heterocycles. The van der Waals surface area contributed by atoms with E-state index in [1.807, 2.05) is 19.9 Å². The topological polar surface area (TPSA) is 75.3 Å². The van der Waals surface area contributed by atoms with Crippen LogP contribution in [0.25, 0.3) is 0 Å². The maximum atomic E-state index is 9.59. The SMILES string of the molecule is Cc1cc(N2CCCCC2CC(C)O)nc(N)n1. The molecule has 0 aliphatic carbocycles. The highest BCUT2D eigenvalue weighted by Gasteiger charge is 2.25.